The quantitative estimate of drug-likeness (QED) is 0.923. The van der Waals surface area contributed by atoms with Crippen molar-refractivity contribution in [2.45, 2.75) is 19.6 Å². The summed E-state index contributed by atoms with van der Waals surface area (Å²) in [6.07, 6.45) is -4.40. The van der Waals surface area contributed by atoms with Gasteiger partial charge in [-0.25, -0.2) is 4.98 Å². The molecule has 8 heteroatoms. The molecule has 0 spiro atoms. The average molecular weight is 295 g/mol. The van der Waals surface area contributed by atoms with E-state index in [-0.39, 0.29) is 11.4 Å². The average Bonchev–Trinajstić information content (AvgIpc) is 2.81. The lowest BCUT2D eigenvalue weighted by atomic mass is 10.3. The molecule has 0 radical (unpaired) electrons. The van der Waals surface area contributed by atoms with Crippen LogP contribution in [0.3, 0.4) is 0 Å². The van der Waals surface area contributed by atoms with Crippen molar-refractivity contribution >= 4 is 16.5 Å². The molecule has 0 saturated carbocycles. The predicted octanol–water partition coefficient (Wildman–Crippen LogP) is 2.11. The van der Waals surface area contributed by atoms with Crippen LogP contribution < -0.4 is 10.2 Å². The maximum Gasteiger partial charge on any atom is 0.434 e. The molecular formula is C11H16F3N3OS. The monoisotopic (exact) mass is 295 g/mol. The zero-order valence-corrected chi connectivity index (χ0v) is 11.4. The van der Waals surface area contributed by atoms with E-state index in [1.165, 1.54) is 0 Å². The van der Waals surface area contributed by atoms with Crippen molar-refractivity contribution < 1.29 is 17.9 Å². The zero-order chi connectivity index (χ0) is 13.9. The number of nitrogens with zero attached hydrogens (tertiary/aromatic N) is 2. The highest BCUT2D eigenvalue weighted by Gasteiger charge is 2.38. The van der Waals surface area contributed by atoms with Crippen LogP contribution in [0.5, 0.6) is 0 Å². The standard InChI is InChI=1S/C11H16F3N3OS/c1-2-15-7-8-9(11(12,13)14)16-10(19-8)17-3-5-18-6-4-17/h15H,2-7H2,1H3. The summed E-state index contributed by atoms with van der Waals surface area (Å²) < 4.78 is 44.0. The number of ether oxygens (including phenoxy) is 1. The fourth-order valence-electron chi connectivity index (χ4n) is 1.81. The third-order valence-electron chi connectivity index (χ3n) is 2.77. The number of thiazole rings is 1. The lowest BCUT2D eigenvalue weighted by Crippen LogP contribution is -2.36. The van der Waals surface area contributed by atoms with Gasteiger partial charge < -0.3 is 15.0 Å². The van der Waals surface area contributed by atoms with Gasteiger partial charge in [-0.3, -0.25) is 0 Å². The first-order chi connectivity index (χ1) is 9.02. The minimum atomic E-state index is -4.40. The van der Waals surface area contributed by atoms with Crippen LogP contribution in [0.15, 0.2) is 0 Å². The number of rotatable bonds is 4. The van der Waals surface area contributed by atoms with E-state index in [1.807, 2.05) is 11.8 Å². The Kier molecular flexibility index (Phi) is 4.64. The molecule has 108 valence electrons. The summed E-state index contributed by atoms with van der Waals surface area (Å²) in [5.74, 6) is 0. The number of alkyl halides is 3. The molecule has 1 fully saturated rings. The van der Waals surface area contributed by atoms with Gasteiger partial charge in [-0.2, -0.15) is 13.2 Å². The molecule has 0 bridgehead atoms. The number of morpholine rings is 1. The topological polar surface area (TPSA) is 37.4 Å². The number of anilines is 1. The van der Waals surface area contributed by atoms with E-state index in [0.29, 0.717) is 38.0 Å². The highest BCUT2D eigenvalue weighted by Crippen LogP contribution is 2.37. The molecule has 0 atom stereocenters. The molecule has 1 aliphatic rings. The molecule has 0 amide bonds. The van der Waals surface area contributed by atoms with Crippen molar-refractivity contribution in [2.24, 2.45) is 0 Å². The van der Waals surface area contributed by atoms with E-state index >= 15 is 0 Å². The molecule has 19 heavy (non-hydrogen) atoms. The Morgan fingerprint density at radius 2 is 2.05 bits per heavy atom. The van der Waals surface area contributed by atoms with Crippen molar-refractivity contribution in [1.29, 1.82) is 0 Å². The highest BCUT2D eigenvalue weighted by atomic mass is 32.1. The molecule has 1 aliphatic heterocycles. The summed E-state index contributed by atoms with van der Waals surface area (Å²) in [6, 6.07) is 0. The van der Waals surface area contributed by atoms with Crippen LogP contribution in [-0.4, -0.2) is 37.8 Å². The highest BCUT2D eigenvalue weighted by molar-refractivity contribution is 7.15. The molecule has 0 unspecified atom stereocenters. The van der Waals surface area contributed by atoms with Crippen LogP contribution in [0.25, 0.3) is 0 Å². The van der Waals surface area contributed by atoms with Crippen molar-refractivity contribution in [2.75, 3.05) is 37.7 Å². The van der Waals surface area contributed by atoms with Crippen molar-refractivity contribution in [3.8, 4) is 0 Å². The first-order valence-electron chi connectivity index (χ1n) is 6.12. The minimum absolute atomic E-state index is 0.202. The lowest BCUT2D eigenvalue weighted by Gasteiger charge is -2.26. The second kappa shape index (κ2) is 6.06. The van der Waals surface area contributed by atoms with Crippen molar-refractivity contribution in [3.05, 3.63) is 10.6 Å². The van der Waals surface area contributed by atoms with E-state index in [0.717, 1.165) is 11.3 Å². The summed E-state index contributed by atoms with van der Waals surface area (Å²) in [6.45, 7) is 4.93. The number of aromatic nitrogens is 1. The van der Waals surface area contributed by atoms with Gasteiger partial charge in [-0.05, 0) is 6.54 Å². The molecule has 1 saturated heterocycles. The summed E-state index contributed by atoms with van der Waals surface area (Å²) in [5, 5.41) is 3.35. The molecule has 1 N–H and O–H groups in total. The van der Waals surface area contributed by atoms with Gasteiger partial charge in [0.15, 0.2) is 10.8 Å². The fraction of sp³-hybridized carbons (Fsp3) is 0.727. The summed E-state index contributed by atoms with van der Waals surface area (Å²) in [7, 11) is 0. The Labute approximate surface area is 113 Å². The third-order valence-corrected chi connectivity index (χ3v) is 3.89. The molecule has 2 heterocycles. The smallest absolute Gasteiger partial charge is 0.378 e. The van der Waals surface area contributed by atoms with Gasteiger partial charge in [-0.15, -0.1) is 0 Å². The van der Waals surface area contributed by atoms with Crippen LogP contribution in [0.2, 0.25) is 0 Å². The largest absolute Gasteiger partial charge is 0.434 e. The van der Waals surface area contributed by atoms with Crippen LogP contribution in [0.4, 0.5) is 18.3 Å². The number of hydrogen-bond acceptors (Lipinski definition) is 5. The number of nitrogens with one attached hydrogen (secondary N) is 1. The molecule has 1 aromatic heterocycles. The van der Waals surface area contributed by atoms with Gasteiger partial charge in [0.05, 0.1) is 18.1 Å². The van der Waals surface area contributed by atoms with Gasteiger partial charge in [0.2, 0.25) is 0 Å². The molecule has 1 aromatic rings. The van der Waals surface area contributed by atoms with Crippen LogP contribution in [0.1, 0.15) is 17.5 Å². The third kappa shape index (κ3) is 3.58. The summed E-state index contributed by atoms with van der Waals surface area (Å²) in [4.78, 5) is 5.87. The molecular weight excluding hydrogens is 279 g/mol. The first kappa shape index (κ1) is 14.5. The molecule has 2 rings (SSSR count). The Morgan fingerprint density at radius 3 is 2.63 bits per heavy atom. The van der Waals surface area contributed by atoms with E-state index in [9.17, 15) is 13.2 Å². The second-order valence-corrected chi connectivity index (χ2v) is 5.21. The van der Waals surface area contributed by atoms with Gasteiger partial charge in [0.25, 0.3) is 0 Å². The zero-order valence-electron chi connectivity index (χ0n) is 10.6. The fourth-order valence-corrected chi connectivity index (χ4v) is 2.91. The molecule has 0 aromatic carbocycles. The van der Waals surface area contributed by atoms with Gasteiger partial charge in [0.1, 0.15) is 0 Å². The normalized spacial score (nSPS) is 16.9. The predicted molar refractivity (Wildman–Crippen MR) is 67.5 cm³/mol. The maximum absolute atomic E-state index is 12.9. The van der Waals surface area contributed by atoms with Gasteiger partial charge >= 0.3 is 6.18 Å². The Bertz CT molecular complexity index is 416. The van der Waals surface area contributed by atoms with Crippen LogP contribution >= 0.6 is 11.3 Å². The van der Waals surface area contributed by atoms with E-state index in [1.54, 1.807) is 0 Å². The number of halogens is 3. The summed E-state index contributed by atoms with van der Waals surface area (Å²) in [5.41, 5.74) is -0.764. The number of hydrogen-bond donors (Lipinski definition) is 1. The van der Waals surface area contributed by atoms with Crippen molar-refractivity contribution in [3.63, 3.8) is 0 Å². The summed E-state index contributed by atoms with van der Waals surface area (Å²) >= 11 is 1.11. The second-order valence-electron chi connectivity index (χ2n) is 4.15. The van der Waals surface area contributed by atoms with E-state index in [4.69, 9.17) is 4.74 Å². The van der Waals surface area contributed by atoms with Crippen LogP contribution in [0, 0.1) is 0 Å². The van der Waals surface area contributed by atoms with Gasteiger partial charge in [-0.1, -0.05) is 18.3 Å². The Morgan fingerprint density at radius 1 is 1.37 bits per heavy atom. The van der Waals surface area contributed by atoms with Crippen molar-refractivity contribution in [1.82, 2.24) is 10.3 Å². The molecule has 4 nitrogen and oxygen atoms in total. The van der Waals surface area contributed by atoms with E-state index < -0.39 is 11.9 Å². The first-order valence-corrected chi connectivity index (χ1v) is 6.94. The SMILES string of the molecule is CCNCc1sc(N2CCOCC2)nc1C(F)(F)F. The molecule has 0 aliphatic carbocycles. The maximum atomic E-state index is 12.9. The van der Waals surface area contributed by atoms with Gasteiger partial charge in [0, 0.05) is 19.6 Å². The Balaban J connectivity index is 2.22. The minimum Gasteiger partial charge on any atom is -0.378 e. The van der Waals surface area contributed by atoms with Crippen LogP contribution in [-0.2, 0) is 17.5 Å². The van der Waals surface area contributed by atoms with E-state index in [2.05, 4.69) is 10.3 Å². The lowest BCUT2D eigenvalue weighted by molar-refractivity contribution is -0.141. The Hall–Kier alpha value is -0.860.